The summed E-state index contributed by atoms with van der Waals surface area (Å²) < 4.78 is 5.32. The van der Waals surface area contributed by atoms with Crippen molar-refractivity contribution in [2.24, 2.45) is 0 Å². The fourth-order valence-corrected chi connectivity index (χ4v) is 2.60. The molecule has 0 radical (unpaired) electrons. The normalized spacial score (nSPS) is 19.3. The summed E-state index contributed by atoms with van der Waals surface area (Å²) in [7, 11) is 0. The summed E-state index contributed by atoms with van der Waals surface area (Å²) in [6, 6.07) is 5.75. The van der Waals surface area contributed by atoms with Crippen molar-refractivity contribution >= 4 is 11.0 Å². The fraction of sp³-hybridized carbons (Fsp3) is 0.357. The smallest absolute Gasteiger partial charge is 0.339 e. The molecule has 17 heavy (non-hydrogen) atoms. The van der Waals surface area contributed by atoms with Crippen molar-refractivity contribution in [3.8, 4) is 0 Å². The lowest BCUT2D eigenvalue weighted by Gasteiger charge is -2.21. The first kappa shape index (κ1) is 10.5. The van der Waals surface area contributed by atoms with Gasteiger partial charge in [-0.2, -0.15) is 0 Å². The van der Waals surface area contributed by atoms with Gasteiger partial charge in [0.1, 0.15) is 5.58 Å². The molecule has 1 atom stereocenters. The molecule has 0 saturated carbocycles. The molecule has 0 bridgehead atoms. The number of hydrogen-bond acceptors (Lipinski definition) is 3. The third-order valence-electron chi connectivity index (χ3n) is 3.44. The summed E-state index contributed by atoms with van der Waals surface area (Å²) in [5.74, 6) is 0. The van der Waals surface area contributed by atoms with Crippen molar-refractivity contribution in [2.75, 3.05) is 0 Å². The number of fused-ring (bicyclic) bond motifs is 3. The quantitative estimate of drug-likeness (QED) is 0.707. The zero-order chi connectivity index (χ0) is 12.0. The van der Waals surface area contributed by atoms with Crippen LogP contribution in [0.4, 0.5) is 0 Å². The number of aliphatic hydroxyl groups is 1. The van der Waals surface area contributed by atoms with Crippen LogP contribution in [0.2, 0.25) is 0 Å². The van der Waals surface area contributed by atoms with Crippen molar-refractivity contribution in [1.82, 2.24) is 0 Å². The van der Waals surface area contributed by atoms with Gasteiger partial charge >= 0.3 is 5.63 Å². The van der Waals surface area contributed by atoms with Crippen molar-refractivity contribution in [1.29, 1.82) is 0 Å². The van der Waals surface area contributed by atoms with Crippen LogP contribution in [0.15, 0.2) is 27.4 Å². The Bertz CT molecular complexity index is 640. The molecule has 0 spiro atoms. The molecule has 3 heteroatoms. The van der Waals surface area contributed by atoms with Crippen LogP contribution in [0.1, 0.15) is 35.6 Å². The fourth-order valence-electron chi connectivity index (χ4n) is 2.60. The summed E-state index contributed by atoms with van der Waals surface area (Å²) in [5, 5.41) is 10.9. The average molecular weight is 230 g/mol. The maximum Gasteiger partial charge on any atom is 0.339 e. The first-order valence-corrected chi connectivity index (χ1v) is 5.91. The topological polar surface area (TPSA) is 50.4 Å². The minimum absolute atomic E-state index is 0.295. The lowest BCUT2D eigenvalue weighted by atomic mass is 9.88. The number of aliphatic hydroxyl groups excluding tert-OH is 1. The van der Waals surface area contributed by atoms with Crippen molar-refractivity contribution < 1.29 is 9.52 Å². The molecule has 1 aromatic heterocycles. The van der Waals surface area contributed by atoms with Gasteiger partial charge in [0.15, 0.2) is 0 Å². The first-order valence-electron chi connectivity index (χ1n) is 5.91. The monoisotopic (exact) mass is 230 g/mol. The Hall–Kier alpha value is -1.61. The lowest BCUT2D eigenvalue weighted by Crippen LogP contribution is -2.19. The molecule has 0 fully saturated rings. The molecule has 2 aromatic rings. The van der Waals surface area contributed by atoms with Crippen LogP contribution >= 0.6 is 0 Å². The lowest BCUT2D eigenvalue weighted by molar-refractivity contribution is 0.157. The average Bonchev–Trinajstić information content (AvgIpc) is 2.29. The number of aryl methyl sites for hydroxylation is 1. The highest BCUT2D eigenvalue weighted by Crippen LogP contribution is 2.33. The Morgan fingerprint density at radius 2 is 2.24 bits per heavy atom. The third kappa shape index (κ3) is 1.58. The van der Waals surface area contributed by atoms with E-state index in [4.69, 9.17) is 4.42 Å². The van der Waals surface area contributed by atoms with Gasteiger partial charge in [-0.3, -0.25) is 0 Å². The van der Waals surface area contributed by atoms with E-state index in [1.54, 1.807) is 0 Å². The molecule has 3 rings (SSSR count). The van der Waals surface area contributed by atoms with E-state index in [1.165, 1.54) is 0 Å². The maximum atomic E-state index is 11.9. The molecular formula is C14H14O3. The van der Waals surface area contributed by atoms with E-state index in [1.807, 2.05) is 25.1 Å². The van der Waals surface area contributed by atoms with E-state index >= 15 is 0 Å². The Morgan fingerprint density at radius 1 is 1.41 bits per heavy atom. The van der Waals surface area contributed by atoms with Gasteiger partial charge < -0.3 is 9.52 Å². The molecule has 1 heterocycles. The van der Waals surface area contributed by atoms with Crippen LogP contribution in [0.3, 0.4) is 0 Å². The Labute approximate surface area is 98.7 Å². The second-order valence-electron chi connectivity index (χ2n) is 4.69. The van der Waals surface area contributed by atoms with Crippen LogP contribution in [0.25, 0.3) is 11.0 Å². The van der Waals surface area contributed by atoms with E-state index in [9.17, 15) is 9.90 Å². The SMILES string of the molecule is Cc1ccc2c3c(c(=O)oc2c1)CCCC3O. The molecule has 1 aromatic carbocycles. The van der Waals surface area contributed by atoms with Gasteiger partial charge in [0.05, 0.1) is 6.10 Å². The number of hydrogen-bond donors (Lipinski definition) is 1. The van der Waals surface area contributed by atoms with Crippen LogP contribution in [0.5, 0.6) is 0 Å². The highest BCUT2D eigenvalue weighted by atomic mass is 16.4. The molecule has 1 unspecified atom stereocenters. The Balaban J connectivity index is 2.43. The Morgan fingerprint density at radius 3 is 3.06 bits per heavy atom. The van der Waals surface area contributed by atoms with E-state index in [0.717, 1.165) is 29.4 Å². The zero-order valence-corrected chi connectivity index (χ0v) is 9.69. The molecule has 88 valence electrons. The molecule has 0 amide bonds. The van der Waals surface area contributed by atoms with Crippen molar-refractivity contribution in [2.45, 2.75) is 32.3 Å². The molecule has 0 aliphatic heterocycles. The molecular weight excluding hydrogens is 216 g/mol. The van der Waals surface area contributed by atoms with E-state index in [0.29, 0.717) is 17.6 Å². The number of benzene rings is 1. The molecule has 3 nitrogen and oxygen atoms in total. The highest BCUT2D eigenvalue weighted by Gasteiger charge is 2.24. The van der Waals surface area contributed by atoms with Gasteiger partial charge in [-0.05, 0) is 37.8 Å². The van der Waals surface area contributed by atoms with E-state index < -0.39 is 6.10 Å². The van der Waals surface area contributed by atoms with Gasteiger partial charge in [0.2, 0.25) is 0 Å². The predicted molar refractivity (Wildman–Crippen MR) is 65.1 cm³/mol. The van der Waals surface area contributed by atoms with Crippen LogP contribution < -0.4 is 5.63 Å². The summed E-state index contributed by atoms with van der Waals surface area (Å²) in [6.45, 7) is 1.95. The second-order valence-corrected chi connectivity index (χ2v) is 4.69. The summed E-state index contributed by atoms with van der Waals surface area (Å²) in [5.41, 5.74) is 2.76. The summed E-state index contributed by atoms with van der Waals surface area (Å²) >= 11 is 0. The van der Waals surface area contributed by atoms with E-state index in [2.05, 4.69) is 0 Å². The minimum Gasteiger partial charge on any atom is -0.422 e. The molecule has 0 saturated heterocycles. The van der Waals surface area contributed by atoms with Crippen molar-refractivity contribution in [3.05, 3.63) is 45.3 Å². The molecule has 1 N–H and O–H groups in total. The predicted octanol–water partition coefficient (Wildman–Crippen LogP) is 2.47. The number of rotatable bonds is 0. The standard InChI is InChI=1S/C14H14O3/c1-8-5-6-9-12(7-8)17-14(16)10-3-2-4-11(15)13(9)10/h5-7,11,15H,2-4H2,1H3. The van der Waals surface area contributed by atoms with Crippen LogP contribution in [-0.2, 0) is 6.42 Å². The second kappa shape index (κ2) is 3.70. The van der Waals surface area contributed by atoms with Gasteiger partial charge in [-0.1, -0.05) is 12.1 Å². The highest BCUT2D eigenvalue weighted by molar-refractivity contribution is 5.82. The summed E-state index contributed by atoms with van der Waals surface area (Å²) in [4.78, 5) is 11.9. The van der Waals surface area contributed by atoms with Gasteiger partial charge in [-0.15, -0.1) is 0 Å². The zero-order valence-electron chi connectivity index (χ0n) is 9.69. The summed E-state index contributed by atoms with van der Waals surface area (Å²) in [6.07, 6.45) is 1.74. The maximum absolute atomic E-state index is 11.9. The van der Waals surface area contributed by atoms with Gasteiger partial charge in [0.25, 0.3) is 0 Å². The van der Waals surface area contributed by atoms with Crippen LogP contribution in [0, 0.1) is 6.92 Å². The third-order valence-corrected chi connectivity index (χ3v) is 3.44. The first-order chi connectivity index (χ1) is 8.16. The largest absolute Gasteiger partial charge is 0.422 e. The van der Waals surface area contributed by atoms with Crippen molar-refractivity contribution in [3.63, 3.8) is 0 Å². The van der Waals surface area contributed by atoms with Gasteiger partial charge in [0, 0.05) is 16.5 Å². The van der Waals surface area contributed by atoms with Gasteiger partial charge in [-0.25, -0.2) is 4.79 Å². The van der Waals surface area contributed by atoms with Crippen LogP contribution in [-0.4, -0.2) is 5.11 Å². The Kier molecular flexibility index (Phi) is 2.30. The molecule has 1 aliphatic carbocycles. The minimum atomic E-state index is -0.534. The molecule has 1 aliphatic rings. The van der Waals surface area contributed by atoms with E-state index in [-0.39, 0.29) is 5.63 Å².